The summed E-state index contributed by atoms with van der Waals surface area (Å²) in [6, 6.07) is 5.59. The predicted molar refractivity (Wildman–Crippen MR) is 70.8 cm³/mol. The van der Waals surface area contributed by atoms with Gasteiger partial charge in [-0.1, -0.05) is 25.4 Å². The van der Waals surface area contributed by atoms with Crippen LogP contribution in [-0.2, 0) is 11.2 Å². The summed E-state index contributed by atoms with van der Waals surface area (Å²) in [5.74, 6) is 1.90. The summed E-state index contributed by atoms with van der Waals surface area (Å²) in [4.78, 5) is 12.2. The van der Waals surface area contributed by atoms with Gasteiger partial charge in [-0.15, -0.1) is 0 Å². The van der Waals surface area contributed by atoms with Crippen molar-refractivity contribution in [2.45, 2.75) is 33.1 Å². The van der Waals surface area contributed by atoms with E-state index in [0.29, 0.717) is 17.9 Å². The van der Waals surface area contributed by atoms with Gasteiger partial charge in [-0.25, -0.2) is 0 Å². The smallest absolute Gasteiger partial charge is 0.163 e. The number of allylic oxidation sites excluding steroid dienone is 2. The topological polar surface area (TPSA) is 26.3 Å². The maximum absolute atomic E-state index is 12.2. The van der Waals surface area contributed by atoms with Crippen molar-refractivity contribution in [3.05, 3.63) is 40.1 Å². The van der Waals surface area contributed by atoms with Crippen LogP contribution in [0.25, 0.3) is 0 Å². The first-order valence-corrected chi connectivity index (χ1v) is 6.54. The summed E-state index contributed by atoms with van der Waals surface area (Å²) in [6.45, 7) is 4.21. The highest BCUT2D eigenvalue weighted by Gasteiger charge is 2.36. The van der Waals surface area contributed by atoms with Crippen molar-refractivity contribution in [2.24, 2.45) is 5.41 Å². The number of halogens is 1. The third kappa shape index (κ3) is 1.95. The zero-order valence-electron chi connectivity index (χ0n) is 10.5. The van der Waals surface area contributed by atoms with E-state index in [-0.39, 0.29) is 11.2 Å². The van der Waals surface area contributed by atoms with Gasteiger partial charge in [-0.2, -0.15) is 0 Å². The van der Waals surface area contributed by atoms with Crippen LogP contribution in [0.15, 0.2) is 29.5 Å². The Labute approximate surface area is 112 Å². The largest absolute Gasteiger partial charge is 0.461 e. The van der Waals surface area contributed by atoms with Crippen LogP contribution in [0.1, 0.15) is 32.3 Å². The Bertz CT molecular complexity index is 570. The standard InChI is InChI=1S/C15H15ClO2/c1-15(2)7-12(17)11-6-9-5-10(16)3-4-13(9)18-14(11)8-15/h3-5H,6-8H2,1-2H3. The van der Waals surface area contributed by atoms with E-state index in [9.17, 15) is 4.79 Å². The molecule has 1 heterocycles. The predicted octanol–water partition coefficient (Wildman–Crippen LogP) is 3.92. The molecular weight excluding hydrogens is 248 g/mol. The molecule has 0 amide bonds. The molecule has 94 valence electrons. The highest BCUT2D eigenvalue weighted by atomic mass is 35.5. The fourth-order valence-electron chi connectivity index (χ4n) is 2.70. The monoisotopic (exact) mass is 262 g/mol. The summed E-state index contributed by atoms with van der Waals surface area (Å²) in [6.07, 6.45) is 2.08. The summed E-state index contributed by atoms with van der Waals surface area (Å²) >= 11 is 5.98. The van der Waals surface area contributed by atoms with Gasteiger partial charge in [0, 0.05) is 35.4 Å². The Morgan fingerprint density at radius 2 is 2.06 bits per heavy atom. The number of rotatable bonds is 0. The lowest BCUT2D eigenvalue weighted by Crippen LogP contribution is -2.30. The number of Topliss-reactive ketones (excluding diaryl/α,β-unsaturated/α-hetero) is 1. The molecule has 0 unspecified atom stereocenters. The number of hydrogen-bond acceptors (Lipinski definition) is 2. The number of benzene rings is 1. The van der Waals surface area contributed by atoms with Gasteiger partial charge in [0.2, 0.25) is 0 Å². The molecule has 2 nitrogen and oxygen atoms in total. The van der Waals surface area contributed by atoms with E-state index >= 15 is 0 Å². The van der Waals surface area contributed by atoms with Crippen LogP contribution < -0.4 is 4.74 Å². The average molecular weight is 263 g/mol. The van der Waals surface area contributed by atoms with Crippen LogP contribution >= 0.6 is 11.6 Å². The van der Waals surface area contributed by atoms with Crippen molar-refractivity contribution in [1.82, 2.24) is 0 Å². The maximum atomic E-state index is 12.2. The van der Waals surface area contributed by atoms with E-state index in [1.54, 1.807) is 0 Å². The summed E-state index contributed by atoms with van der Waals surface area (Å²) in [7, 11) is 0. The van der Waals surface area contributed by atoms with Crippen LogP contribution in [-0.4, -0.2) is 5.78 Å². The van der Waals surface area contributed by atoms with Gasteiger partial charge in [0.15, 0.2) is 5.78 Å². The molecule has 1 aliphatic carbocycles. The Morgan fingerprint density at radius 3 is 2.83 bits per heavy atom. The molecule has 0 saturated carbocycles. The molecule has 1 aromatic carbocycles. The number of hydrogen-bond donors (Lipinski definition) is 0. The summed E-state index contributed by atoms with van der Waals surface area (Å²) in [5.41, 5.74) is 1.85. The summed E-state index contributed by atoms with van der Waals surface area (Å²) in [5, 5.41) is 0.685. The minimum absolute atomic E-state index is 0.000153. The second kappa shape index (κ2) is 3.86. The van der Waals surface area contributed by atoms with E-state index in [4.69, 9.17) is 16.3 Å². The van der Waals surface area contributed by atoms with Gasteiger partial charge in [-0.05, 0) is 23.6 Å². The molecular formula is C15H15ClO2. The third-order valence-electron chi connectivity index (χ3n) is 3.57. The Morgan fingerprint density at radius 1 is 1.28 bits per heavy atom. The van der Waals surface area contributed by atoms with E-state index < -0.39 is 0 Å². The molecule has 18 heavy (non-hydrogen) atoms. The van der Waals surface area contributed by atoms with Crippen LogP contribution in [0.3, 0.4) is 0 Å². The molecule has 0 N–H and O–H groups in total. The lowest BCUT2D eigenvalue weighted by Gasteiger charge is -2.34. The van der Waals surface area contributed by atoms with Gasteiger partial charge in [0.25, 0.3) is 0 Å². The second-order valence-corrected chi connectivity index (χ2v) is 6.31. The third-order valence-corrected chi connectivity index (χ3v) is 3.81. The van der Waals surface area contributed by atoms with Gasteiger partial charge in [-0.3, -0.25) is 4.79 Å². The van der Waals surface area contributed by atoms with Gasteiger partial charge < -0.3 is 4.74 Å². The van der Waals surface area contributed by atoms with Gasteiger partial charge in [0.05, 0.1) is 0 Å². The van der Waals surface area contributed by atoms with E-state index in [1.807, 2.05) is 18.2 Å². The summed E-state index contributed by atoms with van der Waals surface area (Å²) < 4.78 is 5.90. The molecule has 0 radical (unpaired) electrons. The Kier molecular flexibility index (Phi) is 2.53. The highest BCUT2D eigenvalue weighted by molar-refractivity contribution is 6.30. The molecule has 3 heteroatoms. The maximum Gasteiger partial charge on any atom is 0.163 e. The molecule has 2 aliphatic rings. The quantitative estimate of drug-likeness (QED) is 0.708. The number of ketones is 1. The lowest BCUT2D eigenvalue weighted by molar-refractivity contribution is -0.118. The van der Waals surface area contributed by atoms with Crippen molar-refractivity contribution in [3.63, 3.8) is 0 Å². The highest BCUT2D eigenvalue weighted by Crippen LogP contribution is 2.42. The molecule has 0 spiro atoms. The van der Waals surface area contributed by atoms with Crippen LogP contribution in [0, 0.1) is 5.41 Å². The minimum Gasteiger partial charge on any atom is -0.461 e. The molecule has 0 fully saturated rings. The average Bonchev–Trinajstić information content (AvgIpc) is 2.26. The molecule has 0 saturated heterocycles. The number of carbonyl (C=O) groups is 1. The molecule has 0 bridgehead atoms. The van der Waals surface area contributed by atoms with Crippen molar-refractivity contribution in [1.29, 1.82) is 0 Å². The van der Waals surface area contributed by atoms with Crippen LogP contribution in [0.5, 0.6) is 5.75 Å². The molecule has 3 rings (SSSR count). The van der Waals surface area contributed by atoms with Crippen LogP contribution in [0.4, 0.5) is 0 Å². The first kappa shape index (κ1) is 11.8. The van der Waals surface area contributed by atoms with Gasteiger partial charge in [0.1, 0.15) is 11.5 Å². The fourth-order valence-corrected chi connectivity index (χ4v) is 2.90. The lowest BCUT2D eigenvalue weighted by atomic mass is 9.75. The zero-order valence-corrected chi connectivity index (χ0v) is 11.3. The van der Waals surface area contributed by atoms with Crippen molar-refractivity contribution in [2.75, 3.05) is 0 Å². The Hall–Kier alpha value is -1.28. The zero-order chi connectivity index (χ0) is 12.9. The molecule has 0 aromatic heterocycles. The normalized spacial score (nSPS) is 21.2. The second-order valence-electron chi connectivity index (χ2n) is 5.87. The number of fused-ring (bicyclic) bond motifs is 1. The van der Waals surface area contributed by atoms with Crippen molar-refractivity contribution < 1.29 is 9.53 Å². The van der Waals surface area contributed by atoms with E-state index in [2.05, 4.69) is 13.8 Å². The number of ether oxygens (including phenoxy) is 1. The van der Waals surface area contributed by atoms with Crippen molar-refractivity contribution in [3.8, 4) is 5.75 Å². The fraction of sp³-hybridized carbons (Fsp3) is 0.400. The molecule has 0 atom stereocenters. The minimum atomic E-state index is -0.000153. The molecule has 1 aliphatic heterocycles. The Balaban J connectivity index is 2.02. The first-order valence-electron chi connectivity index (χ1n) is 6.16. The number of carbonyl (C=O) groups excluding carboxylic acids is 1. The first-order chi connectivity index (χ1) is 8.44. The SMILES string of the molecule is CC1(C)CC(=O)C2=C(C1)Oc1ccc(Cl)cc1C2. The van der Waals surface area contributed by atoms with E-state index in [0.717, 1.165) is 29.1 Å². The van der Waals surface area contributed by atoms with Gasteiger partial charge >= 0.3 is 0 Å². The van der Waals surface area contributed by atoms with Crippen molar-refractivity contribution >= 4 is 17.4 Å². The molecule has 1 aromatic rings. The van der Waals surface area contributed by atoms with Crippen LogP contribution in [0.2, 0.25) is 5.02 Å². The van der Waals surface area contributed by atoms with E-state index in [1.165, 1.54) is 0 Å².